The molecule has 0 saturated heterocycles. The number of aliphatic hydroxyl groups excluding tert-OH is 1. The summed E-state index contributed by atoms with van der Waals surface area (Å²) < 4.78 is 25.7. The van der Waals surface area contributed by atoms with Gasteiger partial charge in [-0.1, -0.05) is 13.8 Å². The normalized spacial score (nSPS) is 12.9. The molecule has 0 saturated carbocycles. The molecule has 2 amide bonds. The Balaban J connectivity index is 2.49. The van der Waals surface area contributed by atoms with E-state index in [0.29, 0.717) is 13.0 Å². The van der Waals surface area contributed by atoms with Crippen molar-refractivity contribution < 1.29 is 18.7 Å². The Kier molecular flexibility index (Phi) is 5.44. The van der Waals surface area contributed by atoms with Crippen LogP contribution in [-0.4, -0.2) is 23.8 Å². The van der Waals surface area contributed by atoms with Crippen molar-refractivity contribution in [3.05, 3.63) is 29.8 Å². The zero-order valence-corrected chi connectivity index (χ0v) is 11.8. The average Bonchev–Trinajstić information content (AvgIpc) is 2.30. The van der Waals surface area contributed by atoms with Gasteiger partial charge in [0.05, 0.1) is 6.10 Å². The molecule has 4 nitrogen and oxygen atoms in total. The number of aliphatic hydroxyl groups is 1. The van der Waals surface area contributed by atoms with Crippen LogP contribution >= 0.6 is 0 Å². The van der Waals surface area contributed by atoms with Crippen molar-refractivity contribution in [1.29, 1.82) is 0 Å². The van der Waals surface area contributed by atoms with E-state index >= 15 is 0 Å². The molecule has 3 N–H and O–H groups in total. The highest BCUT2D eigenvalue weighted by molar-refractivity contribution is 5.89. The van der Waals surface area contributed by atoms with Gasteiger partial charge >= 0.3 is 6.03 Å². The maximum atomic E-state index is 13.0. The summed E-state index contributed by atoms with van der Waals surface area (Å²) in [6.07, 6.45) is 0.0828. The molecule has 20 heavy (non-hydrogen) atoms. The number of carbonyl (C=O) groups is 1. The number of urea groups is 1. The molecular weight excluding hydrogens is 266 g/mol. The summed E-state index contributed by atoms with van der Waals surface area (Å²) >= 11 is 0. The molecule has 1 aromatic rings. The maximum absolute atomic E-state index is 13.0. The highest BCUT2D eigenvalue weighted by atomic mass is 19.2. The molecule has 6 heteroatoms. The Bertz CT molecular complexity index is 476. The van der Waals surface area contributed by atoms with Crippen molar-refractivity contribution in [1.82, 2.24) is 5.32 Å². The number of benzene rings is 1. The lowest BCUT2D eigenvalue weighted by atomic mass is 9.87. The highest BCUT2D eigenvalue weighted by Crippen LogP contribution is 2.21. The maximum Gasteiger partial charge on any atom is 0.319 e. The SMILES string of the molecule is CC(O)CC(C)(C)CNC(=O)Nc1ccc(F)c(F)c1. The molecule has 0 aliphatic rings. The summed E-state index contributed by atoms with van der Waals surface area (Å²) in [5, 5.41) is 14.4. The third kappa shape index (κ3) is 5.52. The molecule has 1 aromatic carbocycles. The summed E-state index contributed by atoms with van der Waals surface area (Å²) in [5.41, 5.74) is -0.0887. The van der Waals surface area contributed by atoms with Crippen LogP contribution in [0, 0.1) is 17.0 Å². The van der Waals surface area contributed by atoms with Gasteiger partial charge < -0.3 is 15.7 Å². The summed E-state index contributed by atoms with van der Waals surface area (Å²) in [4.78, 5) is 11.6. The first-order valence-electron chi connectivity index (χ1n) is 6.37. The van der Waals surface area contributed by atoms with Crippen molar-refractivity contribution >= 4 is 11.7 Å². The molecular formula is C14H20F2N2O2. The first-order valence-corrected chi connectivity index (χ1v) is 6.37. The third-order valence-corrected chi connectivity index (χ3v) is 2.75. The Morgan fingerprint density at radius 3 is 2.55 bits per heavy atom. The number of hydrogen-bond acceptors (Lipinski definition) is 2. The molecule has 0 aliphatic heterocycles. The number of nitrogens with one attached hydrogen (secondary N) is 2. The fraction of sp³-hybridized carbons (Fsp3) is 0.500. The minimum Gasteiger partial charge on any atom is -0.393 e. The Labute approximate surface area is 117 Å². The lowest BCUT2D eigenvalue weighted by molar-refractivity contribution is 0.129. The van der Waals surface area contributed by atoms with Crippen molar-refractivity contribution in [2.75, 3.05) is 11.9 Å². The third-order valence-electron chi connectivity index (χ3n) is 2.75. The van der Waals surface area contributed by atoms with Gasteiger partial charge in [-0.05, 0) is 30.9 Å². The van der Waals surface area contributed by atoms with Crippen molar-refractivity contribution in [2.24, 2.45) is 5.41 Å². The second-order valence-electron chi connectivity index (χ2n) is 5.65. The largest absolute Gasteiger partial charge is 0.393 e. The van der Waals surface area contributed by atoms with Gasteiger partial charge in [0.1, 0.15) is 0 Å². The van der Waals surface area contributed by atoms with Crippen LogP contribution in [0.15, 0.2) is 18.2 Å². The molecule has 0 heterocycles. The molecule has 1 unspecified atom stereocenters. The fourth-order valence-corrected chi connectivity index (χ4v) is 1.94. The standard InChI is InChI=1S/C14H20F2N2O2/c1-9(19)7-14(2,3)8-17-13(20)18-10-4-5-11(15)12(16)6-10/h4-6,9,19H,7-8H2,1-3H3,(H2,17,18,20). The Morgan fingerprint density at radius 1 is 1.35 bits per heavy atom. The number of amides is 2. The van der Waals surface area contributed by atoms with E-state index in [-0.39, 0.29) is 11.1 Å². The van der Waals surface area contributed by atoms with Crippen LogP contribution in [0.5, 0.6) is 0 Å². The summed E-state index contributed by atoms with van der Waals surface area (Å²) in [6.45, 7) is 5.87. The summed E-state index contributed by atoms with van der Waals surface area (Å²) in [7, 11) is 0. The van der Waals surface area contributed by atoms with Crippen LogP contribution in [0.1, 0.15) is 27.2 Å². The lowest BCUT2D eigenvalue weighted by Crippen LogP contribution is -2.38. The van der Waals surface area contributed by atoms with E-state index < -0.39 is 23.8 Å². The second-order valence-corrected chi connectivity index (χ2v) is 5.65. The number of anilines is 1. The van der Waals surface area contributed by atoms with Gasteiger partial charge in [0.15, 0.2) is 11.6 Å². The quantitative estimate of drug-likeness (QED) is 0.779. The van der Waals surface area contributed by atoms with Crippen molar-refractivity contribution in [3.63, 3.8) is 0 Å². The second kappa shape index (κ2) is 6.65. The summed E-state index contributed by atoms with van der Waals surface area (Å²) in [6, 6.07) is 2.63. The molecule has 1 rings (SSSR count). The smallest absolute Gasteiger partial charge is 0.319 e. The van der Waals surface area contributed by atoms with Crippen LogP contribution in [0.3, 0.4) is 0 Å². The Hall–Kier alpha value is -1.69. The van der Waals surface area contributed by atoms with Crippen LogP contribution < -0.4 is 10.6 Å². The van der Waals surface area contributed by atoms with Gasteiger partial charge in [-0.3, -0.25) is 0 Å². The zero-order valence-electron chi connectivity index (χ0n) is 11.8. The van der Waals surface area contributed by atoms with Crippen LogP contribution in [0.25, 0.3) is 0 Å². The molecule has 0 bridgehead atoms. The van der Waals surface area contributed by atoms with Gasteiger partial charge in [0.25, 0.3) is 0 Å². The van der Waals surface area contributed by atoms with E-state index in [1.807, 2.05) is 13.8 Å². The first kappa shape index (κ1) is 16.4. The van der Waals surface area contributed by atoms with Crippen molar-refractivity contribution in [2.45, 2.75) is 33.3 Å². The highest BCUT2D eigenvalue weighted by Gasteiger charge is 2.21. The first-order chi connectivity index (χ1) is 9.19. The number of carbonyl (C=O) groups excluding carboxylic acids is 1. The van der Waals surface area contributed by atoms with E-state index in [9.17, 15) is 18.7 Å². The monoisotopic (exact) mass is 286 g/mol. The van der Waals surface area contributed by atoms with E-state index in [1.165, 1.54) is 6.07 Å². The summed E-state index contributed by atoms with van der Waals surface area (Å²) in [5.74, 6) is -1.98. The van der Waals surface area contributed by atoms with E-state index in [0.717, 1.165) is 12.1 Å². The lowest BCUT2D eigenvalue weighted by Gasteiger charge is -2.26. The van der Waals surface area contributed by atoms with Gasteiger partial charge in [0.2, 0.25) is 0 Å². The number of halogens is 2. The molecule has 0 aromatic heterocycles. The topological polar surface area (TPSA) is 61.4 Å². The molecule has 0 spiro atoms. The fourth-order valence-electron chi connectivity index (χ4n) is 1.94. The van der Waals surface area contributed by atoms with E-state index in [1.54, 1.807) is 6.92 Å². The van der Waals surface area contributed by atoms with Crippen LogP contribution in [0.2, 0.25) is 0 Å². The van der Waals surface area contributed by atoms with Gasteiger partial charge in [-0.15, -0.1) is 0 Å². The number of rotatable bonds is 5. The van der Waals surface area contributed by atoms with Gasteiger partial charge in [-0.2, -0.15) is 0 Å². The zero-order chi connectivity index (χ0) is 15.3. The average molecular weight is 286 g/mol. The molecule has 0 aliphatic carbocycles. The minimum absolute atomic E-state index is 0.176. The van der Waals surface area contributed by atoms with E-state index in [4.69, 9.17) is 0 Å². The van der Waals surface area contributed by atoms with Crippen molar-refractivity contribution in [3.8, 4) is 0 Å². The molecule has 1 atom stereocenters. The molecule has 112 valence electrons. The van der Waals surface area contributed by atoms with E-state index in [2.05, 4.69) is 10.6 Å². The predicted octanol–water partition coefficient (Wildman–Crippen LogP) is 2.88. The van der Waals surface area contributed by atoms with Gasteiger partial charge in [0, 0.05) is 18.3 Å². The van der Waals surface area contributed by atoms with Crippen LogP contribution in [-0.2, 0) is 0 Å². The Morgan fingerprint density at radius 2 is 2.00 bits per heavy atom. The minimum atomic E-state index is -1.02. The number of hydrogen-bond donors (Lipinski definition) is 3. The van der Waals surface area contributed by atoms with Gasteiger partial charge in [-0.25, -0.2) is 13.6 Å². The molecule has 0 radical (unpaired) electrons. The van der Waals surface area contributed by atoms with Crippen LogP contribution in [0.4, 0.5) is 19.3 Å². The molecule has 0 fully saturated rings. The predicted molar refractivity (Wildman–Crippen MR) is 73.5 cm³/mol.